The topological polar surface area (TPSA) is 111 Å². The number of rotatable bonds is 10. The second-order valence-corrected chi connectivity index (χ2v) is 9.85. The summed E-state index contributed by atoms with van der Waals surface area (Å²) in [5, 5.41) is 17.4. The van der Waals surface area contributed by atoms with Crippen molar-refractivity contribution in [3.63, 3.8) is 0 Å². The third kappa shape index (κ3) is 9.36. The minimum Gasteiger partial charge on any atom is -0.458 e. The van der Waals surface area contributed by atoms with Crippen LogP contribution in [0.5, 0.6) is 0 Å². The quantitative estimate of drug-likeness (QED) is 0.306. The highest BCUT2D eigenvalue weighted by atomic mass is 16.6. The van der Waals surface area contributed by atoms with E-state index in [-0.39, 0.29) is 23.2 Å². The molecule has 8 nitrogen and oxygen atoms in total. The van der Waals surface area contributed by atoms with Crippen LogP contribution in [0.15, 0.2) is 18.2 Å². The molecular formula is C23H37N3O5. The van der Waals surface area contributed by atoms with Gasteiger partial charge in [0.1, 0.15) is 17.3 Å². The molecule has 1 amide bonds. The molecule has 2 N–H and O–H groups in total. The maximum atomic E-state index is 12.8. The molecule has 1 aromatic carbocycles. The van der Waals surface area contributed by atoms with Gasteiger partial charge in [0.2, 0.25) is 0 Å². The molecule has 1 aromatic rings. The zero-order valence-corrected chi connectivity index (χ0v) is 19.9. The number of ether oxygens (including phenoxy) is 1. The number of nitro groups is 1. The zero-order chi connectivity index (χ0) is 23.9. The lowest BCUT2D eigenvalue weighted by atomic mass is 10.0. The van der Waals surface area contributed by atoms with E-state index in [0.29, 0.717) is 18.0 Å². The Balaban J connectivity index is 3.08. The number of nitrogens with zero attached hydrogens (tertiary/aromatic N) is 1. The first-order valence-electron chi connectivity index (χ1n) is 10.8. The largest absolute Gasteiger partial charge is 0.458 e. The standard InChI is InChI=1S/C23H37N3O5/c1-14(2)11-16(5)24-18-10-9-17(13-20(18)26(29)30)21(27)25-19(12-15(3)4)22(28)31-23(6,7)8/h9-10,13-16,19,24H,11-12H2,1-8H3,(H,25,27). The van der Waals surface area contributed by atoms with Crippen LogP contribution in [0.25, 0.3) is 0 Å². The summed E-state index contributed by atoms with van der Waals surface area (Å²) in [5.41, 5.74) is -0.386. The first-order chi connectivity index (χ1) is 14.2. The summed E-state index contributed by atoms with van der Waals surface area (Å²) in [5.74, 6) is -0.496. The molecule has 0 fully saturated rings. The van der Waals surface area contributed by atoms with Gasteiger partial charge in [0.05, 0.1) is 4.92 Å². The van der Waals surface area contributed by atoms with Crippen molar-refractivity contribution in [1.29, 1.82) is 0 Å². The molecule has 0 radical (unpaired) electrons. The summed E-state index contributed by atoms with van der Waals surface area (Å²) in [4.78, 5) is 36.4. The summed E-state index contributed by atoms with van der Waals surface area (Å²) >= 11 is 0. The van der Waals surface area contributed by atoms with Gasteiger partial charge in [-0.3, -0.25) is 14.9 Å². The van der Waals surface area contributed by atoms with E-state index >= 15 is 0 Å². The van der Waals surface area contributed by atoms with Gasteiger partial charge < -0.3 is 15.4 Å². The fourth-order valence-corrected chi connectivity index (χ4v) is 3.28. The van der Waals surface area contributed by atoms with Gasteiger partial charge >= 0.3 is 5.97 Å². The summed E-state index contributed by atoms with van der Waals surface area (Å²) < 4.78 is 5.42. The van der Waals surface area contributed by atoms with Crippen molar-refractivity contribution < 1.29 is 19.2 Å². The van der Waals surface area contributed by atoms with E-state index in [0.717, 1.165) is 6.42 Å². The van der Waals surface area contributed by atoms with Crippen LogP contribution in [-0.4, -0.2) is 34.5 Å². The molecule has 2 unspecified atom stereocenters. The van der Waals surface area contributed by atoms with Crippen molar-refractivity contribution in [1.82, 2.24) is 5.32 Å². The fraction of sp³-hybridized carbons (Fsp3) is 0.652. The monoisotopic (exact) mass is 435 g/mol. The molecule has 0 aromatic heterocycles. The average molecular weight is 436 g/mol. The summed E-state index contributed by atoms with van der Waals surface area (Å²) in [7, 11) is 0. The minimum absolute atomic E-state index is 0.0426. The summed E-state index contributed by atoms with van der Waals surface area (Å²) in [6.45, 7) is 15.3. The van der Waals surface area contributed by atoms with Crippen molar-refractivity contribution >= 4 is 23.3 Å². The molecule has 0 heterocycles. The fourth-order valence-electron chi connectivity index (χ4n) is 3.28. The smallest absolute Gasteiger partial charge is 0.329 e. The Kier molecular flexibility index (Phi) is 9.46. The second kappa shape index (κ2) is 11.1. The SMILES string of the molecule is CC(C)CC(C)Nc1ccc(C(=O)NC(CC(C)C)C(=O)OC(C)(C)C)cc1[N+](=O)[O-]. The molecule has 0 aliphatic rings. The number of benzene rings is 1. The van der Waals surface area contributed by atoms with Crippen LogP contribution in [0.3, 0.4) is 0 Å². The Hall–Kier alpha value is -2.64. The number of carbonyl (C=O) groups is 2. The van der Waals surface area contributed by atoms with Gasteiger partial charge in [-0.05, 0) is 64.5 Å². The Morgan fingerprint density at radius 2 is 1.65 bits per heavy atom. The molecule has 0 spiro atoms. The van der Waals surface area contributed by atoms with Crippen molar-refractivity contribution in [2.45, 2.75) is 85.9 Å². The van der Waals surface area contributed by atoms with E-state index in [4.69, 9.17) is 4.74 Å². The van der Waals surface area contributed by atoms with Gasteiger partial charge in [-0.25, -0.2) is 4.79 Å². The average Bonchev–Trinajstić information content (AvgIpc) is 2.58. The maximum absolute atomic E-state index is 12.8. The summed E-state index contributed by atoms with van der Waals surface area (Å²) in [6, 6.07) is 3.50. The van der Waals surface area contributed by atoms with Crippen LogP contribution in [0.2, 0.25) is 0 Å². The van der Waals surface area contributed by atoms with Crippen LogP contribution < -0.4 is 10.6 Å². The van der Waals surface area contributed by atoms with Crippen LogP contribution in [-0.2, 0) is 9.53 Å². The highest BCUT2D eigenvalue weighted by Crippen LogP contribution is 2.27. The molecule has 0 bridgehead atoms. The minimum atomic E-state index is -0.838. The lowest BCUT2D eigenvalue weighted by molar-refractivity contribution is -0.384. The number of carbonyl (C=O) groups excluding carboxylic acids is 2. The maximum Gasteiger partial charge on any atom is 0.329 e. The first-order valence-corrected chi connectivity index (χ1v) is 10.8. The highest BCUT2D eigenvalue weighted by Gasteiger charge is 2.28. The lowest BCUT2D eigenvalue weighted by Gasteiger charge is -2.25. The van der Waals surface area contributed by atoms with E-state index in [2.05, 4.69) is 24.5 Å². The molecule has 31 heavy (non-hydrogen) atoms. The molecule has 8 heteroatoms. The van der Waals surface area contributed by atoms with Gasteiger partial charge in [-0.1, -0.05) is 27.7 Å². The molecule has 0 aliphatic carbocycles. The van der Waals surface area contributed by atoms with Gasteiger partial charge in [-0.15, -0.1) is 0 Å². The highest BCUT2D eigenvalue weighted by molar-refractivity contribution is 5.98. The molecule has 0 aliphatic heterocycles. The van der Waals surface area contributed by atoms with Crippen molar-refractivity contribution in [2.75, 3.05) is 5.32 Å². The summed E-state index contributed by atoms with van der Waals surface area (Å²) in [6.07, 6.45) is 1.25. The molecule has 0 saturated heterocycles. The Bertz CT molecular complexity index is 784. The number of hydrogen-bond donors (Lipinski definition) is 2. The van der Waals surface area contributed by atoms with E-state index in [1.54, 1.807) is 20.8 Å². The van der Waals surface area contributed by atoms with Crippen molar-refractivity contribution in [3.05, 3.63) is 33.9 Å². The molecule has 0 saturated carbocycles. The van der Waals surface area contributed by atoms with Crippen molar-refractivity contribution in [2.24, 2.45) is 11.8 Å². The number of nitrogens with one attached hydrogen (secondary N) is 2. The zero-order valence-electron chi connectivity index (χ0n) is 19.9. The number of nitro benzene ring substituents is 1. The predicted molar refractivity (Wildman–Crippen MR) is 122 cm³/mol. The first kappa shape index (κ1) is 26.4. The Labute approximate surface area is 185 Å². The Morgan fingerprint density at radius 1 is 1.06 bits per heavy atom. The number of anilines is 1. The van der Waals surface area contributed by atoms with Gasteiger partial charge in [0.25, 0.3) is 11.6 Å². The van der Waals surface area contributed by atoms with Gasteiger partial charge in [0.15, 0.2) is 0 Å². The third-order valence-corrected chi connectivity index (χ3v) is 4.39. The lowest BCUT2D eigenvalue weighted by Crippen LogP contribution is -2.45. The van der Waals surface area contributed by atoms with Crippen LogP contribution in [0, 0.1) is 22.0 Å². The molecule has 174 valence electrons. The number of amides is 1. The Morgan fingerprint density at radius 3 is 2.13 bits per heavy atom. The van der Waals surface area contributed by atoms with E-state index in [1.165, 1.54) is 18.2 Å². The van der Waals surface area contributed by atoms with Crippen LogP contribution in [0.4, 0.5) is 11.4 Å². The molecular weight excluding hydrogens is 398 g/mol. The van der Waals surface area contributed by atoms with Gasteiger partial charge in [-0.2, -0.15) is 0 Å². The molecule has 2 atom stereocenters. The van der Waals surface area contributed by atoms with E-state index < -0.39 is 28.4 Å². The van der Waals surface area contributed by atoms with E-state index in [9.17, 15) is 19.7 Å². The van der Waals surface area contributed by atoms with Gasteiger partial charge in [0, 0.05) is 17.7 Å². The number of esters is 1. The van der Waals surface area contributed by atoms with Crippen molar-refractivity contribution in [3.8, 4) is 0 Å². The normalized spacial score (nSPS) is 13.6. The molecule has 1 rings (SSSR count). The second-order valence-electron chi connectivity index (χ2n) is 9.85. The number of hydrogen-bond acceptors (Lipinski definition) is 6. The predicted octanol–water partition coefficient (Wildman–Crippen LogP) is 4.93. The van der Waals surface area contributed by atoms with E-state index in [1.807, 2.05) is 20.8 Å². The third-order valence-electron chi connectivity index (χ3n) is 4.39. The van der Waals surface area contributed by atoms with Crippen LogP contribution >= 0.6 is 0 Å². The van der Waals surface area contributed by atoms with Crippen LogP contribution in [0.1, 0.15) is 78.6 Å².